The summed E-state index contributed by atoms with van der Waals surface area (Å²) in [7, 11) is 0. The van der Waals surface area contributed by atoms with Crippen LogP contribution in [0.4, 0.5) is 0 Å². The third kappa shape index (κ3) is 26.6. The molecule has 0 aromatic heterocycles. The van der Waals surface area contributed by atoms with Gasteiger partial charge in [0.25, 0.3) is 0 Å². The van der Waals surface area contributed by atoms with E-state index in [1.807, 2.05) is 20.1 Å². The molecule has 0 bridgehead atoms. The van der Waals surface area contributed by atoms with Crippen LogP contribution in [0.25, 0.3) is 0 Å². The van der Waals surface area contributed by atoms with Crippen molar-refractivity contribution in [2.24, 2.45) is 34.8 Å². The summed E-state index contributed by atoms with van der Waals surface area (Å²) < 4.78 is 0. The molecular weight excluding hydrogens is 476 g/mol. The van der Waals surface area contributed by atoms with Gasteiger partial charge in [0.1, 0.15) is 24.2 Å². The zero-order valence-electron chi connectivity index (χ0n) is 19.9. The van der Waals surface area contributed by atoms with Crippen LogP contribution < -0.4 is 22.9 Å². The van der Waals surface area contributed by atoms with E-state index in [0.29, 0.717) is 6.42 Å². The number of carboxylic acid groups (broad SMARTS) is 4. The minimum atomic E-state index is -1.00. The first-order valence-corrected chi connectivity index (χ1v) is 12.1. The minimum absolute atomic E-state index is 0.0208. The van der Waals surface area contributed by atoms with Crippen molar-refractivity contribution in [3.63, 3.8) is 0 Å². The topological polar surface area (TPSA) is 253 Å². The number of hydrogen-bond donors (Lipinski definition) is 9. The quantitative estimate of drug-likeness (QED) is 0.163. The number of hydrogen-bond acceptors (Lipinski definition) is 10. The molecule has 12 N–H and O–H groups in total. The Hall–Kier alpha value is -1.58. The highest BCUT2D eigenvalue weighted by atomic mass is 32.2. The first-order chi connectivity index (χ1) is 15.0. The molecule has 0 rings (SSSR count). The van der Waals surface area contributed by atoms with Gasteiger partial charge in [-0.1, -0.05) is 34.1 Å². The second-order valence-corrected chi connectivity index (χ2v) is 8.56. The van der Waals surface area contributed by atoms with Crippen molar-refractivity contribution < 1.29 is 39.6 Å². The predicted molar refractivity (Wildman–Crippen MR) is 134 cm³/mol. The van der Waals surface area contributed by atoms with Crippen LogP contribution in [-0.2, 0) is 19.2 Å². The Morgan fingerprint density at radius 1 is 0.788 bits per heavy atom. The van der Waals surface area contributed by atoms with Crippen molar-refractivity contribution in [2.75, 3.05) is 17.8 Å². The Balaban J connectivity index is -0.000000171. The van der Waals surface area contributed by atoms with Crippen LogP contribution in [-0.4, -0.2) is 86.2 Å². The molecule has 0 aromatic carbocycles. The Morgan fingerprint density at radius 3 is 1.30 bits per heavy atom. The number of carbonyl (C=O) groups is 4. The first-order valence-electron chi connectivity index (χ1n) is 10.0. The van der Waals surface area contributed by atoms with Crippen LogP contribution in [0.5, 0.6) is 0 Å². The van der Waals surface area contributed by atoms with Crippen molar-refractivity contribution in [1.29, 1.82) is 0 Å². The van der Waals surface area contributed by atoms with Crippen LogP contribution in [0, 0.1) is 11.8 Å². The second kappa shape index (κ2) is 23.6. The molecule has 0 spiro atoms. The Morgan fingerprint density at radius 2 is 1.18 bits per heavy atom. The largest absolute Gasteiger partial charge is 0.480 e. The highest BCUT2D eigenvalue weighted by Crippen LogP contribution is 2.04. The molecule has 5 atom stereocenters. The van der Waals surface area contributed by atoms with E-state index < -0.39 is 48.0 Å². The number of thiol groups is 1. The SMILES string of the molecule is CC(C)[C@H](N)C(=O)O.CC[C@H](C)[C@H](N)C(=O)O.CSCC[C@H](N)C(=O)O.N[C@@H](CS)C(=O)O. The standard InChI is InChI=1S/C6H13NO2.C5H11NO2S.C5H11NO2.C3H7NO2S/c1-3-4(2)5(7)6(8)9;1-9-3-2-4(6)5(7)8;1-3(2)4(6)5(7)8;4-2(1-7)3(5)6/h4-5H,3,7H2,1-2H3,(H,8,9);4H,2-3,6H2,1H3,(H,7,8);3-4H,6H2,1-2H3,(H,7,8);2,7H,1,4H2,(H,5,6)/t4-,5-;2*4-;2-/m0000/s1. The van der Waals surface area contributed by atoms with Gasteiger partial charge in [-0.05, 0) is 30.3 Å². The number of rotatable bonds is 11. The lowest BCUT2D eigenvalue weighted by Crippen LogP contribution is -2.36. The molecule has 198 valence electrons. The smallest absolute Gasteiger partial charge is 0.321 e. The molecule has 0 aliphatic heterocycles. The molecule has 33 heavy (non-hydrogen) atoms. The van der Waals surface area contributed by atoms with Crippen molar-refractivity contribution in [3.05, 3.63) is 0 Å². The van der Waals surface area contributed by atoms with E-state index >= 15 is 0 Å². The summed E-state index contributed by atoms with van der Waals surface area (Å²) in [5.74, 6) is -2.67. The summed E-state index contributed by atoms with van der Waals surface area (Å²) in [4.78, 5) is 40.0. The van der Waals surface area contributed by atoms with Crippen LogP contribution in [0.3, 0.4) is 0 Å². The number of nitrogens with two attached hydrogens (primary N) is 4. The van der Waals surface area contributed by atoms with Gasteiger partial charge in [-0.3, -0.25) is 19.2 Å². The van der Waals surface area contributed by atoms with Crippen molar-refractivity contribution in [1.82, 2.24) is 0 Å². The molecule has 0 aliphatic carbocycles. The summed E-state index contributed by atoms with van der Waals surface area (Å²) in [5.41, 5.74) is 20.6. The minimum Gasteiger partial charge on any atom is -0.480 e. The highest BCUT2D eigenvalue weighted by molar-refractivity contribution is 7.98. The maximum absolute atomic E-state index is 10.2. The Kier molecular flexibility index (Phi) is 27.6. The maximum Gasteiger partial charge on any atom is 0.321 e. The van der Waals surface area contributed by atoms with Gasteiger partial charge in [0, 0.05) is 5.75 Å². The van der Waals surface area contributed by atoms with Gasteiger partial charge in [0.15, 0.2) is 0 Å². The lowest BCUT2D eigenvalue weighted by atomic mass is 10.0. The fourth-order valence-corrected chi connectivity index (χ4v) is 1.87. The van der Waals surface area contributed by atoms with E-state index in [0.717, 1.165) is 12.2 Å². The lowest BCUT2D eigenvalue weighted by molar-refractivity contribution is -0.140. The Labute approximate surface area is 205 Å². The van der Waals surface area contributed by atoms with Crippen LogP contribution in [0.2, 0.25) is 0 Å². The number of thioether (sulfide) groups is 1. The molecule has 0 aliphatic rings. The van der Waals surface area contributed by atoms with E-state index in [4.69, 9.17) is 43.4 Å². The zero-order chi connectivity index (χ0) is 27.3. The van der Waals surface area contributed by atoms with Gasteiger partial charge in [0.2, 0.25) is 0 Å². The predicted octanol–water partition coefficient (Wildman–Crippen LogP) is -0.0218. The summed E-state index contributed by atoms with van der Waals surface area (Å²) >= 11 is 5.25. The monoisotopic (exact) mass is 518 g/mol. The second-order valence-electron chi connectivity index (χ2n) is 7.21. The van der Waals surface area contributed by atoms with E-state index in [2.05, 4.69) is 12.6 Å². The van der Waals surface area contributed by atoms with Crippen molar-refractivity contribution >= 4 is 48.3 Å². The summed E-state index contributed by atoms with van der Waals surface area (Å²) in [5, 5.41) is 32.9. The zero-order valence-corrected chi connectivity index (χ0v) is 21.6. The molecule has 0 fully saturated rings. The number of carboxylic acids is 4. The van der Waals surface area contributed by atoms with Crippen molar-refractivity contribution in [3.8, 4) is 0 Å². The highest BCUT2D eigenvalue weighted by Gasteiger charge is 2.17. The van der Waals surface area contributed by atoms with Gasteiger partial charge in [0.05, 0.1) is 0 Å². The van der Waals surface area contributed by atoms with Crippen LogP contribution >= 0.6 is 24.4 Å². The molecule has 12 nitrogen and oxygen atoms in total. The third-order valence-electron chi connectivity index (χ3n) is 4.01. The van der Waals surface area contributed by atoms with Crippen LogP contribution in [0.15, 0.2) is 0 Å². The average Bonchev–Trinajstić information content (AvgIpc) is 2.75. The lowest BCUT2D eigenvalue weighted by Gasteiger charge is -2.11. The molecule has 0 saturated carbocycles. The fraction of sp³-hybridized carbons (Fsp3) is 0.789. The summed E-state index contributed by atoms with van der Waals surface area (Å²) in [6, 6.07) is -2.91. The maximum atomic E-state index is 10.2. The molecule has 0 saturated heterocycles. The van der Waals surface area contributed by atoms with E-state index in [-0.39, 0.29) is 17.6 Å². The summed E-state index contributed by atoms with van der Waals surface area (Å²) in [6.07, 6.45) is 3.29. The van der Waals surface area contributed by atoms with E-state index in [9.17, 15) is 19.2 Å². The fourth-order valence-electron chi connectivity index (χ4n) is 1.23. The van der Waals surface area contributed by atoms with Gasteiger partial charge >= 0.3 is 23.9 Å². The Bertz CT molecular complexity index is 556. The molecule has 0 unspecified atom stereocenters. The van der Waals surface area contributed by atoms with Gasteiger partial charge < -0.3 is 43.4 Å². The van der Waals surface area contributed by atoms with E-state index in [1.165, 1.54) is 0 Å². The normalized spacial score (nSPS) is 14.4. The third-order valence-corrected chi connectivity index (χ3v) is 5.05. The van der Waals surface area contributed by atoms with Gasteiger partial charge in [-0.2, -0.15) is 24.4 Å². The molecule has 0 aromatic rings. The van der Waals surface area contributed by atoms with Crippen LogP contribution in [0.1, 0.15) is 40.5 Å². The molecule has 0 heterocycles. The number of aliphatic carboxylic acids is 4. The average molecular weight is 519 g/mol. The van der Waals surface area contributed by atoms with E-state index in [1.54, 1.807) is 25.6 Å². The summed E-state index contributed by atoms with van der Waals surface area (Å²) in [6.45, 7) is 7.31. The molecule has 0 amide bonds. The van der Waals surface area contributed by atoms with Gasteiger partial charge in [-0.25, -0.2) is 0 Å². The van der Waals surface area contributed by atoms with Gasteiger partial charge in [-0.15, -0.1) is 0 Å². The van der Waals surface area contributed by atoms with Crippen molar-refractivity contribution in [2.45, 2.75) is 64.7 Å². The molecular formula is C19H42N4O8S2. The first kappa shape index (κ1) is 38.7. The molecule has 0 radical (unpaired) electrons. The molecule has 14 heteroatoms.